The van der Waals surface area contributed by atoms with Gasteiger partial charge in [0.1, 0.15) is 0 Å². The second-order valence-corrected chi connectivity index (χ2v) is 5.48. The van der Waals surface area contributed by atoms with Crippen LogP contribution in [0, 0.1) is 0 Å². The lowest BCUT2D eigenvalue weighted by molar-refractivity contribution is -0.0472. The van der Waals surface area contributed by atoms with Crippen molar-refractivity contribution in [3.63, 3.8) is 0 Å². The van der Waals surface area contributed by atoms with Gasteiger partial charge in [0.2, 0.25) is 0 Å². The number of rotatable bonds is 7. The molecule has 0 saturated carbocycles. The maximum atomic E-state index is 6.22. The Morgan fingerprint density at radius 1 is 1.32 bits per heavy atom. The molecule has 3 nitrogen and oxygen atoms in total. The average Bonchev–Trinajstić information content (AvgIpc) is 2.42. The van der Waals surface area contributed by atoms with Gasteiger partial charge in [-0.3, -0.25) is 11.3 Å². The molecule has 1 aromatic carbocycles. The molecule has 0 aliphatic carbocycles. The first-order valence-electron chi connectivity index (χ1n) is 6.48. The Labute approximate surface area is 125 Å². The lowest BCUT2D eigenvalue weighted by Crippen LogP contribution is -2.55. The first kappa shape index (κ1) is 16.7. The van der Waals surface area contributed by atoms with Crippen LogP contribution in [0.25, 0.3) is 0 Å². The van der Waals surface area contributed by atoms with Crippen molar-refractivity contribution in [1.29, 1.82) is 0 Å². The predicted octanol–water partition coefficient (Wildman–Crippen LogP) is 3.57. The minimum absolute atomic E-state index is 0.00817. The maximum Gasteiger partial charge on any atom is 0.0842 e. The van der Waals surface area contributed by atoms with Gasteiger partial charge in [-0.1, -0.05) is 43.1 Å². The monoisotopic (exact) mass is 304 g/mol. The fourth-order valence-electron chi connectivity index (χ4n) is 2.48. The molecule has 0 saturated heterocycles. The molecule has 1 atom stereocenters. The summed E-state index contributed by atoms with van der Waals surface area (Å²) in [5, 5.41) is 1.29. The van der Waals surface area contributed by atoms with Gasteiger partial charge in [-0.2, -0.15) is 0 Å². The van der Waals surface area contributed by atoms with E-state index in [0.717, 1.165) is 18.4 Å². The van der Waals surface area contributed by atoms with Crippen molar-refractivity contribution < 1.29 is 4.74 Å². The van der Waals surface area contributed by atoms with E-state index in [4.69, 9.17) is 33.8 Å². The number of nitrogens with two attached hydrogens (primary N) is 1. The van der Waals surface area contributed by atoms with Crippen molar-refractivity contribution in [2.24, 2.45) is 5.84 Å². The zero-order chi connectivity index (χ0) is 14.5. The first-order valence-corrected chi connectivity index (χ1v) is 7.23. The van der Waals surface area contributed by atoms with Gasteiger partial charge in [0, 0.05) is 17.2 Å². The van der Waals surface area contributed by atoms with Crippen molar-refractivity contribution in [3.05, 3.63) is 33.8 Å². The maximum absolute atomic E-state index is 6.22. The van der Waals surface area contributed by atoms with Crippen LogP contribution in [0.2, 0.25) is 10.0 Å². The third-order valence-corrected chi connectivity index (χ3v) is 4.47. The third kappa shape index (κ3) is 3.83. The van der Waals surface area contributed by atoms with E-state index in [1.807, 2.05) is 12.1 Å². The second-order valence-electron chi connectivity index (χ2n) is 4.64. The fourth-order valence-corrected chi connectivity index (χ4v) is 2.96. The van der Waals surface area contributed by atoms with Gasteiger partial charge in [-0.05, 0) is 37.0 Å². The Bertz CT molecular complexity index is 400. The zero-order valence-electron chi connectivity index (χ0n) is 11.7. The standard InChI is InChI=1S/C14H22Cl2N2O/c1-4-14(5-2,19-3)13(18-17)8-10-6-7-11(15)9-12(10)16/h6-7,9,13,18H,4-5,8,17H2,1-3H3. The topological polar surface area (TPSA) is 47.3 Å². The summed E-state index contributed by atoms with van der Waals surface area (Å²) in [5.74, 6) is 5.71. The number of nitrogens with one attached hydrogen (secondary N) is 1. The van der Waals surface area contributed by atoms with E-state index < -0.39 is 0 Å². The van der Waals surface area contributed by atoms with E-state index in [0.29, 0.717) is 16.5 Å². The van der Waals surface area contributed by atoms with Crippen LogP contribution in [-0.4, -0.2) is 18.8 Å². The van der Waals surface area contributed by atoms with Crippen LogP contribution in [-0.2, 0) is 11.2 Å². The number of benzene rings is 1. The highest BCUT2D eigenvalue weighted by Gasteiger charge is 2.35. The summed E-state index contributed by atoms with van der Waals surface area (Å²) >= 11 is 12.1. The molecule has 1 aromatic rings. The summed E-state index contributed by atoms with van der Waals surface area (Å²) in [5.41, 5.74) is 3.59. The molecule has 19 heavy (non-hydrogen) atoms. The van der Waals surface area contributed by atoms with Crippen molar-refractivity contribution in [2.75, 3.05) is 7.11 Å². The molecule has 3 N–H and O–H groups in total. The minimum Gasteiger partial charge on any atom is -0.377 e. The van der Waals surface area contributed by atoms with Crippen LogP contribution in [0.1, 0.15) is 32.3 Å². The zero-order valence-corrected chi connectivity index (χ0v) is 13.2. The molecule has 0 fully saturated rings. The predicted molar refractivity (Wildman–Crippen MR) is 81.6 cm³/mol. The molecular formula is C14H22Cl2N2O. The lowest BCUT2D eigenvalue weighted by atomic mass is 9.85. The first-order chi connectivity index (χ1) is 9.02. The molecule has 0 spiro atoms. The number of hydrazine groups is 1. The molecule has 0 aliphatic rings. The molecule has 0 aliphatic heterocycles. The Kier molecular flexibility index (Phi) is 6.57. The molecular weight excluding hydrogens is 283 g/mol. The lowest BCUT2D eigenvalue weighted by Gasteiger charge is -2.38. The summed E-state index contributed by atoms with van der Waals surface area (Å²) in [7, 11) is 1.72. The number of hydrogen-bond acceptors (Lipinski definition) is 3. The highest BCUT2D eigenvalue weighted by Crippen LogP contribution is 2.29. The summed E-state index contributed by atoms with van der Waals surface area (Å²) in [6, 6.07) is 5.51. The van der Waals surface area contributed by atoms with E-state index in [1.54, 1.807) is 13.2 Å². The Morgan fingerprint density at radius 3 is 2.37 bits per heavy atom. The van der Waals surface area contributed by atoms with Gasteiger partial charge in [-0.15, -0.1) is 0 Å². The highest BCUT2D eigenvalue weighted by atomic mass is 35.5. The molecule has 5 heteroatoms. The SMILES string of the molecule is CCC(CC)(OC)C(Cc1ccc(Cl)cc1Cl)NN. The van der Waals surface area contributed by atoms with E-state index in [9.17, 15) is 0 Å². The van der Waals surface area contributed by atoms with Gasteiger partial charge in [0.25, 0.3) is 0 Å². The van der Waals surface area contributed by atoms with Crippen LogP contribution >= 0.6 is 23.2 Å². The molecule has 1 rings (SSSR count). The van der Waals surface area contributed by atoms with Crippen molar-refractivity contribution in [2.45, 2.75) is 44.8 Å². The molecule has 108 valence electrons. The highest BCUT2D eigenvalue weighted by molar-refractivity contribution is 6.35. The molecule has 0 heterocycles. The van der Waals surface area contributed by atoms with Crippen LogP contribution < -0.4 is 11.3 Å². The van der Waals surface area contributed by atoms with Gasteiger partial charge >= 0.3 is 0 Å². The van der Waals surface area contributed by atoms with Crippen LogP contribution in [0.5, 0.6) is 0 Å². The van der Waals surface area contributed by atoms with E-state index in [2.05, 4.69) is 19.3 Å². The second kappa shape index (κ2) is 7.46. The minimum atomic E-state index is -0.294. The number of hydrogen-bond donors (Lipinski definition) is 2. The largest absolute Gasteiger partial charge is 0.377 e. The fraction of sp³-hybridized carbons (Fsp3) is 0.571. The van der Waals surface area contributed by atoms with E-state index in [-0.39, 0.29) is 11.6 Å². The molecule has 0 amide bonds. The Hall–Kier alpha value is -0.320. The van der Waals surface area contributed by atoms with Crippen molar-refractivity contribution in [1.82, 2.24) is 5.43 Å². The third-order valence-electron chi connectivity index (χ3n) is 3.88. The van der Waals surface area contributed by atoms with Crippen LogP contribution in [0.4, 0.5) is 0 Å². The Balaban J connectivity index is 2.98. The summed E-state index contributed by atoms with van der Waals surface area (Å²) in [4.78, 5) is 0. The van der Waals surface area contributed by atoms with Gasteiger partial charge in [-0.25, -0.2) is 0 Å². The normalized spacial score (nSPS) is 13.6. The Morgan fingerprint density at radius 2 is 1.95 bits per heavy atom. The van der Waals surface area contributed by atoms with Crippen LogP contribution in [0.3, 0.4) is 0 Å². The van der Waals surface area contributed by atoms with Crippen molar-refractivity contribution in [3.8, 4) is 0 Å². The average molecular weight is 305 g/mol. The van der Waals surface area contributed by atoms with E-state index >= 15 is 0 Å². The number of ether oxygens (including phenoxy) is 1. The van der Waals surface area contributed by atoms with Gasteiger partial charge in [0.05, 0.1) is 11.6 Å². The number of methoxy groups -OCH3 is 1. The summed E-state index contributed by atoms with van der Waals surface area (Å²) in [6.07, 6.45) is 2.45. The molecule has 0 radical (unpaired) electrons. The van der Waals surface area contributed by atoms with Gasteiger partial charge in [0.15, 0.2) is 0 Å². The van der Waals surface area contributed by atoms with Crippen LogP contribution in [0.15, 0.2) is 18.2 Å². The van der Waals surface area contributed by atoms with Crippen molar-refractivity contribution >= 4 is 23.2 Å². The smallest absolute Gasteiger partial charge is 0.0842 e. The molecule has 0 aromatic heterocycles. The molecule has 0 bridgehead atoms. The van der Waals surface area contributed by atoms with Gasteiger partial charge < -0.3 is 4.74 Å². The van der Waals surface area contributed by atoms with E-state index in [1.165, 1.54) is 0 Å². The summed E-state index contributed by atoms with van der Waals surface area (Å²) < 4.78 is 5.71. The number of halogens is 2. The summed E-state index contributed by atoms with van der Waals surface area (Å²) in [6.45, 7) is 4.20. The quantitative estimate of drug-likeness (QED) is 0.598. The molecule has 1 unspecified atom stereocenters.